The molecule has 1 aromatic carbocycles. The largest absolute Gasteiger partial charge is 0.443 e. The van der Waals surface area contributed by atoms with Crippen molar-refractivity contribution in [2.24, 2.45) is 5.41 Å². The molecular formula is C21H29N3O2S. The van der Waals surface area contributed by atoms with Gasteiger partial charge < -0.3 is 4.74 Å². The predicted octanol–water partition coefficient (Wildman–Crippen LogP) is 4.80. The third kappa shape index (κ3) is 4.87. The van der Waals surface area contributed by atoms with Crippen LogP contribution in [0.25, 0.3) is 0 Å². The van der Waals surface area contributed by atoms with Crippen LogP contribution in [0.5, 0.6) is 0 Å². The van der Waals surface area contributed by atoms with Gasteiger partial charge in [0.1, 0.15) is 5.60 Å². The van der Waals surface area contributed by atoms with E-state index < -0.39 is 5.60 Å². The minimum atomic E-state index is -0.543. The van der Waals surface area contributed by atoms with E-state index in [0.717, 1.165) is 19.6 Å². The molecule has 2 heterocycles. The van der Waals surface area contributed by atoms with Crippen LogP contribution >= 0.6 is 11.3 Å². The lowest BCUT2D eigenvalue weighted by atomic mass is 9.87. The number of carbonyl (C=O) groups excluding carboxylic acids is 1. The molecule has 6 heteroatoms. The number of hydrogen-bond donors (Lipinski definition) is 0. The van der Waals surface area contributed by atoms with Crippen LogP contribution in [-0.2, 0) is 11.3 Å². The fraction of sp³-hybridized carbons (Fsp3) is 0.524. The molecule has 0 spiro atoms. The lowest BCUT2D eigenvalue weighted by Gasteiger charge is -2.35. The van der Waals surface area contributed by atoms with Gasteiger partial charge in [-0.3, -0.25) is 4.90 Å². The second-order valence-corrected chi connectivity index (χ2v) is 9.70. The average Bonchev–Trinajstić information content (AvgIpc) is 3.16. The first-order valence-corrected chi connectivity index (χ1v) is 10.2. The van der Waals surface area contributed by atoms with Crippen molar-refractivity contribution >= 4 is 22.6 Å². The number of benzene rings is 1. The second kappa shape index (κ2) is 7.60. The summed E-state index contributed by atoms with van der Waals surface area (Å²) in [5.74, 6) is 0. The standard InChI is InChI=1S/C21H29N3O2S/c1-20(2,3)26-19(25)24(18-22-11-12-27-18)17-14-23(15-21(17,4)5)13-16-9-7-6-8-10-16/h6-12,17H,13-15H2,1-5H3/t17-/m0/s1. The van der Waals surface area contributed by atoms with Crippen LogP contribution in [0.1, 0.15) is 40.2 Å². The molecule has 0 unspecified atom stereocenters. The Morgan fingerprint density at radius 2 is 2.04 bits per heavy atom. The van der Waals surface area contributed by atoms with E-state index in [1.165, 1.54) is 16.9 Å². The lowest BCUT2D eigenvalue weighted by Crippen LogP contribution is -2.50. The third-order valence-electron chi connectivity index (χ3n) is 4.74. The highest BCUT2D eigenvalue weighted by molar-refractivity contribution is 7.13. The van der Waals surface area contributed by atoms with E-state index in [4.69, 9.17) is 4.74 Å². The van der Waals surface area contributed by atoms with Gasteiger partial charge in [0, 0.05) is 31.2 Å². The zero-order chi connectivity index (χ0) is 19.7. The van der Waals surface area contributed by atoms with E-state index in [0.29, 0.717) is 5.13 Å². The molecule has 1 atom stereocenters. The number of thiazole rings is 1. The topological polar surface area (TPSA) is 45.7 Å². The average molecular weight is 388 g/mol. The van der Waals surface area contributed by atoms with Gasteiger partial charge in [-0.05, 0) is 31.7 Å². The van der Waals surface area contributed by atoms with Crippen molar-refractivity contribution in [2.45, 2.75) is 52.8 Å². The highest BCUT2D eigenvalue weighted by Crippen LogP contribution is 2.38. The first-order chi connectivity index (χ1) is 12.7. The Hall–Kier alpha value is -1.92. The number of ether oxygens (including phenoxy) is 1. The highest BCUT2D eigenvalue weighted by Gasteiger charge is 2.46. The quantitative estimate of drug-likeness (QED) is 0.756. The first-order valence-electron chi connectivity index (χ1n) is 9.34. The summed E-state index contributed by atoms with van der Waals surface area (Å²) >= 11 is 1.47. The first kappa shape index (κ1) is 19.8. The van der Waals surface area contributed by atoms with Gasteiger partial charge in [0.2, 0.25) is 0 Å². The summed E-state index contributed by atoms with van der Waals surface area (Å²) in [5.41, 5.74) is 0.670. The Kier molecular flexibility index (Phi) is 5.58. The lowest BCUT2D eigenvalue weighted by molar-refractivity contribution is 0.0549. The molecule has 1 aliphatic rings. The molecule has 0 radical (unpaired) electrons. The van der Waals surface area contributed by atoms with E-state index in [9.17, 15) is 4.79 Å². The van der Waals surface area contributed by atoms with Crippen LogP contribution in [-0.4, -0.2) is 40.7 Å². The van der Waals surface area contributed by atoms with Gasteiger partial charge in [-0.15, -0.1) is 11.3 Å². The van der Waals surface area contributed by atoms with Crippen LogP contribution in [0.3, 0.4) is 0 Å². The normalized spacial score (nSPS) is 19.8. The number of rotatable bonds is 4. The summed E-state index contributed by atoms with van der Waals surface area (Å²) in [7, 11) is 0. The summed E-state index contributed by atoms with van der Waals surface area (Å²) in [4.78, 5) is 21.6. The molecule has 1 saturated heterocycles. The number of anilines is 1. The van der Waals surface area contributed by atoms with Crippen molar-refractivity contribution in [1.29, 1.82) is 0 Å². The molecule has 1 amide bonds. The molecule has 0 aliphatic carbocycles. The maximum absolute atomic E-state index is 13.0. The van der Waals surface area contributed by atoms with E-state index in [1.54, 1.807) is 11.1 Å². The Labute approximate surface area is 166 Å². The number of carbonyl (C=O) groups is 1. The van der Waals surface area contributed by atoms with Gasteiger partial charge >= 0.3 is 6.09 Å². The zero-order valence-electron chi connectivity index (χ0n) is 16.8. The van der Waals surface area contributed by atoms with Crippen molar-refractivity contribution in [3.05, 3.63) is 47.5 Å². The van der Waals surface area contributed by atoms with Crippen LogP contribution in [0.2, 0.25) is 0 Å². The van der Waals surface area contributed by atoms with E-state index in [1.807, 2.05) is 32.2 Å². The molecule has 1 aliphatic heterocycles. The van der Waals surface area contributed by atoms with Gasteiger partial charge in [0.15, 0.2) is 5.13 Å². The smallest absolute Gasteiger partial charge is 0.416 e. The van der Waals surface area contributed by atoms with Gasteiger partial charge in [0.25, 0.3) is 0 Å². The minimum Gasteiger partial charge on any atom is -0.443 e. The van der Waals surface area contributed by atoms with Crippen molar-refractivity contribution in [1.82, 2.24) is 9.88 Å². The van der Waals surface area contributed by atoms with Crippen molar-refractivity contribution < 1.29 is 9.53 Å². The van der Waals surface area contributed by atoms with Gasteiger partial charge in [0.05, 0.1) is 6.04 Å². The number of hydrogen-bond acceptors (Lipinski definition) is 5. The Bertz CT molecular complexity index is 753. The molecule has 0 saturated carbocycles. The number of likely N-dealkylation sites (tertiary alicyclic amines) is 1. The molecule has 27 heavy (non-hydrogen) atoms. The fourth-order valence-corrected chi connectivity index (χ4v) is 4.30. The van der Waals surface area contributed by atoms with E-state index >= 15 is 0 Å². The summed E-state index contributed by atoms with van der Waals surface area (Å²) in [6, 6.07) is 10.5. The van der Waals surface area contributed by atoms with Gasteiger partial charge in [-0.25, -0.2) is 14.7 Å². The fourth-order valence-electron chi connectivity index (χ4n) is 3.62. The Morgan fingerprint density at radius 1 is 1.33 bits per heavy atom. The molecule has 1 fully saturated rings. The maximum atomic E-state index is 13.0. The molecule has 0 bridgehead atoms. The zero-order valence-corrected chi connectivity index (χ0v) is 17.6. The Morgan fingerprint density at radius 3 is 2.63 bits per heavy atom. The van der Waals surface area contributed by atoms with Crippen molar-refractivity contribution in [3.63, 3.8) is 0 Å². The SMILES string of the molecule is CC(C)(C)OC(=O)N(c1nccs1)[C@H]1CN(Cc2ccccc2)CC1(C)C. The summed E-state index contributed by atoms with van der Waals surface area (Å²) in [6.45, 7) is 12.7. The van der Waals surface area contributed by atoms with Crippen LogP contribution in [0.4, 0.5) is 9.93 Å². The third-order valence-corrected chi connectivity index (χ3v) is 5.51. The molecule has 146 valence electrons. The van der Waals surface area contributed by atoms with Crippen LogP contribution in [0.15, 0.2) is 41.9 Å². The van der Waals surface area contributed by atoms with Crippen LogP contribution < -0.4 is 4.90 Å². The van der Waals surface area contributed by atoms with Crippen molar-refractivity contribution in [2.75, 3.05) is 18.0 Å². The van der Waals surface area contributed by atoms with Crippen LogP contribution in [0, 0.1) is 5.41 Å². The highest BCUT2D eigenvalue weighted by atomic mass is 32.1. The molecule has 0 N–H and O–H groups in total. The summed E-state index contributed by atoms with van der Waals surface area (Å²) in [5, 5.41) is 2.60. The summed E-state index contributed by atoms with van der Waals surface area (Å²) < 4.78 is 5.72. The number of nitrogens with zero attached hydrogens (tertiary/aromatic N) is 3. The van der Waals surface area contributed by atoms with Crippen molar-refractivity contribution in [3.8, 4) is 0 Å². The molecule has 5 nitrogen and oxygen atoms in total. The molecule has 2 aromatic rings. The Balaban J connectivity index is 1.84. The van der Waals surface area contributed by atoms with E-state index in [2.05, 4.69) is 48.0 Å². The predicted molar refractivity (Wildman–Crippen MR) is 110 cm³/mol. The molecule has 1 aromatic heterocycles. The molecule has 3 rings (SSSR count). The minimum absolute atomic E-state index is 0.00205. The maximum Gasteiger partial charge on any atom is 0.416 e. The molecular weight excluding hydrogens is 358 g/mol. The number of amides is 1. The second-order valence-electron chi connectivity index (χ2n) is 8.82. The van der Waals surface area contributed by atoms with E-state index in [-0.39, 0.29) is 17.6 Å². The van der Waals surface area contributed by atoms with Gasteiger partial charge in [-0.1, -0.05) is 44.2 Å². The summed E-state index contributed by atoms with van der Waals surface area (Å²) in [6.07, 6.45) is 1.42. The van der Waals surface area contributed by atoms with Gasteiger partial charge in [-0.2, -0.15) is 0 Å². The number of aromatic nitrogens is 1. The monoisotopic (exact) mass is 387 g/mol.